The fourth-order valence-electron chi connectivity index (χ4n) is 2.03. The highest BCUT2D eigenvalue weighted by molar-refractivity contribution is 9.10. The Morgan fingerprint density at radius 2 is 1.88 bits per heavy atom. The molecule has 0 radical (unpaired) electrons. The Hall–Kier alpha value is -2.01. The van der Waals surface area contributed by atoms with Crippen LogP contribution in [0.1, 0.15) is 25.3 Å². The van der Waals surface area contributed by atoms with Gasteiger partial charge >= 0.3 is 0 Å². The Kier molecular flexibility index (Phi) is 7.12. The van der Waals surface area contributed by atoms with Crippen molar-refractivity contribution in [2.24, 2.45) is 0 Å². The molecule has 0 aliphatic rings. The summed E-state index contributed by atoms with van der Waals surface area (Å²) in [4.78, 5) is 12.0. The Bertz CT molecular complexity index is 671. The molecular weight excluding hydrogens is 370 g/mol. The predicted molar refractivity (Wildman–Crippen MR) is 99.8 cm³/mol. The molecule has 0 unspecified atom stereocenters. The van der Waals surface area contributed by atoms with Crippen molar-refractivity contribution in [3.05, 3.63) is 52.5 Å². The molecule has 128 valence electrons. The highest BCUT2D eigenvalue weighted by atomic mass is 79.9. The standard InChI is InChI=1S/C19H22BrNO3/c1-3-4-11-23-16-8-6-15(7-9-16)21-19(22)13-24-18-10-5-14(2)12-17(18)20/h5-10,12H,3-4,11,13H2,1-2H3,(H,21,22). The number of halogens is 1. The molecule has 2 rings (SSSR count). The van der Waals surface area contributed by atoms with Crippen molar-refractivity contribution >= 4 is 27.5 Å². The summed E-state index contributed by atoms with van der Waals surface area (Å²) < 4.78 is 12.0. The van der Waals surface area contributed by atoms with Crippen LogP contribution in [0.3, 0.4) is 0 Å². The van der Waals surface area contributed by atoms with Crippen molar-refractivity contribution in [3.8, 4) is 11.5 Å². The summed E-state index contributed by atoms with van der Waals surface area (Å²) in [5.74, 6) is 1.25. The number of unbranched alkanes of at least 4 members (excludes halogenated alkanes) is 1. The van der Waals surface area contributed by atoms with Gasteiger partial charge in [-0.15, -0.1) is 0 Å². The largest absolute Gasteiger partial charge is 0.494 e. The van der Waals surface area contributed by atoms with E-state index in [1.54, 1.807) is 0 Å². The van der Waals surface area contributed by atoms with Gasteiger partial charge in [-0.1, -0.05) is 19.4 Å². The van der Waals surface area contributed by atoms with Crippen LogP contribution in [0.25, 0.3) is 0 Å². The molecule has 0 aliphatic heterocycles. The molecular formula is C19H22BrNO3. The third-order valence-corrected chi connectivity index (χ3v) is 3.97. The first-order valence-corrected chi connectivity index (χ1v) is 8.79. The molecule has 1 N–H and O–H groups in total. The number of nitrogens with one attached hydrogen (secondary N) is 1. The number of hydrogen-bond acceptors (Lipinski definition) is 3. The van der Waals surface area contributed by atoms with Crippen LogP contribution < -0.4 is 14.8 Å². The Morgan fingerprint density at radius 3 is 2.54 bits per heavy atom. The normalized spacial score (nSPS) is 10.3. The summed E-state index contributed by atoms with van der Waals surface area (Å²) in [5, 5.41) is 2.80. The zero-order valence-electron chi connectivity index (χ0n) is 14.0. The van der Waals surface area contributed by atoms with Crippen molar-refractivity contribution in [1.29, 1.82) is 0 Å². The molecule has 0 spiro atoms. The van der Waals surface area contributed by atoms with Gasteiger partial charge in [0, 0.05) is 5.69 Å². The second kappa shape index (κ2) is 9.33. The van der Waals surface area contributed by atoms with E-state index in [1.807, 2.05) is 49.4 Å². The van der Waals surface area contributed by atoms with Gasteiger partial charge in [0.25, 0.3) is 5.91 Å². The van der Waals surface area contributed by atoms with E-state index in [0.717, 1.165) is 34.3 Å². The lowest BCUT2D eigenvalue weighted by molar-refractivity contribution is -0.118. The summed E-state index contributed by atoms with van der Waals surface area (Å²) in [6, 6.07) is 13.1. The highest BCUT2D eigenvalue weighted by Gasteiger charge is 2.06. The van der Waals surface area contributed by atoms with Gasteiger partial charge in [0.2, 0.25) is 0 Å². The van der Waals surface area contributed by atoms with Gasteiger partial charge in [0.05, 0.1) is 11.1 Å². The fraction of sp³-hybridized carbons (Fsp3) is 0.316. The number of carbonyl (C=O) groups excluding carboxylic acids is 1. The number of hydrogen-bond donors (Lipinski definition) is 1. The monoisotopic (exact) mass is 391 g/mol. The van der Waals surface area contributed by atoms with Crippen LogP contribution in [-0.2, 0) is 4.79 Å². The van der Waals surface area contributed by atoms with E-state index in [0.29, 0.717) is 12.4 Å². The summed E-state index contributed by atoms with van der Waals surface area (Å²) in [6.07, 6.45) is 2.13. The smallest absolute Gasteiger partial charge is 0.262 e. The Morgan fingerprint density at radius 1 is 1.12 bits per heavy atom. The van der Waals surface area contributed by atoms with E-state index >= 15 is 0 Å². The van der Waals surface area contributed by atoms with Gasteiger partial charge in [-0.25, -0.2) is 0 Å². The number of aryl methyl sites for hydroxylation is 1. The number of carbonyl (C=O) groups is 1. The molecule has 0 bridgehead atoms. The molecule has 0 atom stereocenters. The molecule has 0 aromatic heterocycles. The molecule has 1 amide bonds. The maximum atomic E-state index is 12.0. The average Bonchev–Trinajstić information content (AvgIpc) is 2.56. The van der Waals surface area contributed by atoms with Crippen LogP contribution in [0.5, 0.6) is 11.5 Å². The SMILES string of the molecule is CCCCOc1ccc(NC(=O)COc2ccc(C)cc2Br)cc1. The minimum atomic E-state index is -0.206. The van der Waals surface area contributed by atoms with Crippen molar-refractivity contribution < 1.29 is 14.3 Å². The van der Waals surface area contributed by atoms with Crippen LogP contribution in [0.15, 0.2) is 46.9 Å². The maximum absolute atomic E-state index is 12.0. The first-order valence-electron chi connectivity index (χ1n) is 8.00. The molecule has 0 saturated heterocycles. The number of benzene rings is 2. The van der Waals surface area contributed by atoms with Crippen molar-refractivity contribution in [1.82, 2.24) is 0 Å². The van der Waals surface area contributed by atoms with Crippen LogP contribution in [-0.4, -0.2) is 19.1 Å². The van der Waals surface area contributed by atoms with Crippen LogP contribution in [0.4, 0.5) is 5.69 Å². The van der Waals surface area contributed by atoms with E-state index < -0.39 is 0 Å². The lowest BCUT2D eigenvalue weighted by atomic mass is 10.2. The quantitative estimate of drug-likeness (QED) is 0.647. The van der Waals surface area contributed by atoms with Gasteiger partial charge < -0.3 is 14.8 Å². The van der Waals surface area contributed by atoms with E-state index in [2.05, 4.69) is 28.2 Å². The zero-order valence-corrected chi connectivity index (χ0v) is 15.6. The molecule has 0 fully saturated rings. The van der Waals surface area contributed by atoms with E-state index in [1.165, 1.54) is 0 Å². The number of amides is 1. The van der Waals surface area contributed by atoms with Crippen molar-refractivity contribution in [3.63, 3.8) is 0 Å². The van der Waals surface area contributed by atoms with Gasteiger partial charge in [0.15, 0.2) is 6.61 Å². The third kappa shape index (κ3) is 5.89. The minimum absolute atomic E-state index is 0.0452. The molecule has 4 nitrogen and oxygen atoms in total. The second-order valence-corrected chi connectivity index (χ2v) is 6.35. The Balaban J connectivity index is 1.81. The summed E-state index contributed by atoms with van der Waals surface area (Å²) in [7, 11) is 0. The van der Waals surface area contributed by atoms with Gasteiger partial charge in [-0.3, -0.25) is 4.79 Å². The molecule has 24 heavy (non-hydrogen) atoms. The minimum Gasteiger partial charge on any atom is -0.494 e. The van der Waals surface area contributed by atoms with Crippen LogP contribution in [0.2, 0.25) is 0 Å². The summed E-state index contributed by atoms with van der Waals surface area (Å²) >= 11 is 3.43. The number of rotatable bonds is 8. The molecule has 0 heterocycles. The predicted octanol–water partition coefficient (Wildman–Crippen LogP) is 4.95. The first kappa shape index (κ1) is 18.3. The molecule has 0 aliphatic carbocycles. The topological polar surface area (TPSA) is 47.6 Å². The molecule has 5 heteroatoms. The molecule has 0 saturated carbocycles. The molecule has 2 aromatic carbocycles. The van der Waals surface area contributed by atoms with E-state index in [4.69, 9.17) is 9.47 Å². The van der Waals surface area contributed by atoms with E-state index in [9.17, 15) is 4.79 Å². The lowest BCUT2D eigenvalue weighted by Crippen LogP contribution is -2.20. The summed E-state index contributed by atoms with van der Waals surface area (Å²) in [6.45, 7) is 4.79. The highest BCUT2D eigenvalue weighted by Crippen LogP contribution is 2.25. The average molecular weight is 392 g/mol. The van der Waals surface area contributed by atoms with Gasteiger partial charge in [-0.05, 0) is 71.2 Å². The van der Waals surface area contributed by atoms with Crippen LogP contribution >= 0.6 is 15.9 Å². The van der Waals surface area contributed by atoms with E-state index in [-0.39, 0.29) is 12.5 Å². The number of anilines is 1. The van der Waals surface area contributed by atoms with Crippen molar-refractivity contribution in [2.45, 2.75) is 26.7 Å². The summed E-state index contributed by atoms with van der Waals surface area (Å²) in [5.41, 5.74) is 1.84. The lowest BCUT2D eigenvalue weighted by Gasteiger charge is -2.10. The van der Waals surface area contributed by atoms with Crippen molar-refractivity contribution in [2.75, 3.05) is 18.5 Å². The zero-order chi connectivity index (χ0) is 17.4. The number of ether oxygens (including phenoxy) is 2. The first-order chi connectivity index (χ1) is 11.6. The van der Waals surface area contributed by atoms with Crippen LogP contribution in [0, 0.1) is 6.92 Å². The molecule has 2 aromatic rings. The van der Waals surface area contributed by atoms with Gasteiger partial charge in [0.1, 0.15) is 11.5 Å². The fourth-order valence-corrected chi connectivity index (χ4v) is 2.64. The van der Waals surface area contributed by atoms with Gasteiger partial charge in [-0.2, -0.15) is 0 Å². The maximum Gasteiger partial charge on any atom is 0.262 e. The Labute approximate surface area is 151 Å². The second-order valence-electron chi connectivity index (χ2n) is 5.50. The third-order valence-electron chi connectivity index (χ3n) is 3.35.